The van der Waals surface area contributed by atoms with E-state index in [1.54, 1.807) is 7.11 Å². The van der Waals surface area contributed by atoms with Crippen molar-refractivity contribution >= 4 is 11.6 Å². The molecule has 1 fully saturated rings. The Morgan fingerprint density at radius 2 is 2.04 bits per heavy atom. The predicted molar refractivity (Wildman–Crippen MR) is 111 cm³/mol. The minimum absolute atomic E-state index is 0.461. The molecule has 1 heterocycles. The number of nitrogens with zero attached hydrogens (tertiary/aromatic N) is 1. The Balaban J connectivity index is 1.54. The summed E-state index contributed by atoms with van der Waals surface area (Å²) in [4.78, 5) is 2.56. The molecule has 27 heavy (non-hydrogen) atoms. The molecule has 0 radical (unpaired) electrons. The Kier molecular flexibility index (Phi) is 7.39. The van der Waals surface area contributed by atoms with Crippen LogP contribution in [0.15, 0.2) is 42.5 Å². The fraction of sp³-hybridized carbons (Fsp3) is 0.455. The van der Waals surface area contributed by atoms with Gasteiger partial charge in [0.25, 0.3) is 0 Å². The zero-order valence-electron chi connectivity index (χ0n) is 16.2. The maximum atomic E-state index is 6.03. The van der Waals surface area contributed by atoms with Crippen LogP contribution >= 0.6 is 11.6 Å². The number of nitrogens with one attached hydrogen (secondary N) is 1. The van der Waals surface area contributed by atoms with E-state index in [0.717, 1.165) is 36.7 Å². The molecule has 2 aromatic carbocycles. The molecular weight excluding hydrogens is 360 g/mol. The minimum Gasteiger partial charge on any atom is -0.493 e. The molecule has 4 nitrogen and oxygen atoms in total. The fourth-order valence-electron chi connectivity index (χ4n) is 3.65. The number of likely N-dealkylation sites (tertiary alicyclic amines) is 1. The summed E-state index contributed by atoms with van der Waals surface area (Å²) in [6, 6.07) is 14.5. The lowest BCUT2D eigenvalue weighted by Gasteiger charge is -2.23. The molecule has 146 valence electrons. The maximum absolute atomic E-state index is 6.03. The molecule has 0 aromatic heterocycles. The summed E-state index contributed by atoms with van der Waals surface area (Å²) in [5.74, 6) is 1.50. The van der Waals surface area contributed by atoms with E-state index in [0.29, 0.717) is 17.7 Å². The van der Waals surface area contributed by atoms with Gasteiger partial charge < -0.3 is 14.8 Å². The summed E-state index contributed by atoms with van der Waals surface area (Å²) in [5, 5.41) is 4.31. The van der Waals surface area contributed by atoms with Crippen LogP contribution < -0.4 is 14.8 Å². The number of likely N-dealkylation sites (N-methyl/N-ethyl adjacent to an activating group) is 1. The van der Waals surface area contributed by atoms with Gasteiger partial charge >= 0.3 is 0 Å². The highest BCUT2D eigenvalue weighted by molar-refractivity contribution is 6.30. The maximum Gasteiger partial charge on any atom is 0.161 e. The SMILES string of the molecule is CCN1CCC[C@H]1CNCc1ccc(OCc2cccc(Cl)c2)c(OC)c1. The van der Waals surface area contributed by atoms with Gasteiger partial charge in [0.05, 0.1) is 7.11 Å². The first-order valence-electron chi connectivity index (χ1n) is 9.68. The molecule has 2 aromatic rings. The number of methoxy groups -OCH3 is 1. The zero-order valence-corrected chi connectivity index (χ0v) is 17.0. The van der Waals surface area contributed by atoms with Crippen molar-refractivity contribution in [2.75, 3.05) is 26.7 Å². The summed E-state index contributed by atoms with van der Waals surface area (Å²) in [6.07, 6.45) is 2.60. The van der Waals surface area contributed by atoms with Gasteiger partial charge in [-0.3, -0.25) is 4.90 Å². The Morgan fingerprint density at radius 3 is 2.81 bits per heavy atom. The van der Waals surface area contributed by atoms with Crippen LogP contribution in [0.5, 0.6) is 11.5 Å². The van der Waals surface area contributed by atoms with E-state index in [1.165, 1.54) is 24.9 Å². The number of hydrogen-bond donors (Lipinski definition) is 1. The molecule has 1 aliphatic rings. The molecule has 1 aliphatic heterocycles. The van der Waals surface area contributed by atoms with Crippen molar-refractivity contribution in [3.63, 3.8) is 0 Å². The second kappa shape index (κ2) is 9.98. The van der Waals surface area contributed by atoms with Crippen molar-refractivity contribution < 1.29 is 9.47 Å². The average Bonchev–Trinajstić information content (AvgIpc) is 3.14. The zero-order chi connectivity index (χ0) is 19.1. The van der Waals surface area contributed by atoms with Crippen LogP contribution in [-0.4, -0.2) is 37.7 Å². The summed E-state index contributed by atoms with van der Waals surface area (Å²) in [5.41, 5.74) is 2.23. The molecular formula is C22H29ClN2O2. The normalized spacial score (nSPS) is 17.2. The Morgan fingerprint density at radius 1 is 1.15 bits per heavy atom. The molecule has 0 aliphatic carbocycles. The van der Waals surface area contributed by atoms with Crippen LogP contribution in [0.1, 0.15) is 30.9 Å². The molecule has 0 amide bonds. The third kappa shape index (κ3) is 5.61. The average molecular weight is 389 g/mol. The van der Waals surface area contributed by atoms with Crippen molar-refractivity contribution in [1.82, 2.24) is 10.2 Å². The Hall–Kier alpha value is -1.75. The highest BCUT2D eigenvalue weighted by Gasteiger charge is 2.22. The lowest BCUT2D eigenvalue weighted by molar-refractivity contribution is 0.260. The fourth-order valence-corrected chi connectivity index (χ4v) is 3.87. The topological polar surface area (TPSA) is 33.7 Å². The van der Waals surface area contributed by atoms with Gasteiger partial charge in [0.2, 0.25) is 0 Å². The third-order valence-electron chi connectivity index (χ3n) is 5.13. The van der Waals surface area contributed by atoms with E-state index in [-0.39, 0.29) is 0 Å². The first-order valence-corrected chi connectivity index (χ1v) is 10.1. The minimum atomic E-state index is 0.461. The smallest absolute Gasteiger partial charge is 0.161 e. The third-order valence-corrected chi connectivity index (χ3v) is 5.36. The number of halogens is 1. The van der Waals surface area contributed by atoms with Crippen LogP contribution in [0, 0.1) is 0 Å². The summed E-state index contributed by atoms with van der Waals surface area (Å²) < 4.78 is 11.5. The molecule has 5 heteroatoms. The first kappa shape index (κ1) is 20.0. The monoisotopic (exact) mass is 388 g/mol. The van der Waals surface area contributed by atoms with Crippen molar-refractivity contribution in [3.8, 4) is 11.5 Å². The van der Waals surface area contributed by atoms with E-state index in [1.807, 2.05) is 36.4 Å². The number of hydrogen-bond acceptors (Lipinski definition) is 4. The quantitative estimate of drug-likeness (QED) is 0.685. The van der Waals surface area contributed by atoms with Gasteiger partial charge in [-0.15, -0.1) is 0 Å². The second-order valence-corrected chi connectivity index (χ2v) is 7.40. The van der Waals surface area contributed by atoms with E-state index < -0.39 is 0 Å². The molecule has 1 atom stereocenters. The summed E-state index contributed by atoms with van der Waals surface area (Å²) in [6.45, 7) is 6.94. The molecule has 0 spiro atoms. The second-order valence-electron chi connectivity index (χ2n) is 6.96. The molecule has 0 saturated carbocycles. The Bertz CT molecular complexity index is 738. The van der Waals surface area contributed by atoms with Gasteiger partial charge in [0.15, 0.2) is 11.5 Å². The highest BCUT2D eigenvalue weighted by atomic mass is 35.5. The lowest BCUT2D eigenvalue weighted by atomic mass is 10.1. The number of ether oxygens (including phenoxy) is 2. The molecule has 3 rings (SSSR count). The van der Waals surface area contributed by atoms with Crippen LogP contribution in [0.4, 0.5) is 0 Å². The summed E-state index contributed by atoms with van der Waals surface area (Å²) >= 11 is 6.03. The standard InChI is InChI=1S/C22H29ClN2O2/c1-3-25-11-5-8-20(25)15-24-14-17-9-10-21(22(13-17)26-2)27-16-18-6-4-7-19(23)12-18/h4,6-7,9-10,12-13,20,24H,3,5,8,11,14-16H2,1-2H3/t20-/m0/s1. The largest absolute Gasteiger partial charge is 0.493 e. The van der Waals surface area contributed by atoms with Crippen LogP contribution in [0.3, 0.4) is 0 Å². The van der Waals surface area contributed by atoms with E-state index >= 15 is 0 Å². The first-order chi connectivity index (χ1) is 13.2. The van der Waals surface area contributed by atoms with Gasteiger partial charge in [-0.2, -0.15) is 0 Å². The van der Waals surface area contributed by atoms with E-state index in [9.17, 15) is 0 Å². The Labute approximate surface area is 167 Å². The van der Waals surface area contributed by atoms with Gasteiger partial charge in [-0.25, -0.2) is 0 Å². The van der Waals surface area contributed by atoms with Gasteiger partial charge in [-0.05, 0) is 61.3 Å². The van der Waals surface area contributed by atoms with Crippen molar-refractivity contribution in [1.29, 1.82) is 0 Å². The number of benzene rings is 2. The highest BCUT2D eigenvalue weighted by Crippen LogP contribution is 2.29. The van der Waals surface area contributed by atoms with E-state index in [2.05, 4.69) is 23.2 Å². The van der Waals surface area contributed by atoms with Crippen molar-refractivity contribution in [2.45, 2.75) is 39.0 Å². The van der Waals surface area contributed by atoms with Gasteiger partial charge in [0, 0.05) is 24.2 Å². The molecule has 0 unspecified atom stereocenters. The predicted octanol–water partition coefficient (Wildman–Crippen LogP) is 4.50. The van der Waals surface area contributed by atoms with Crippen LogP contribution in [0.2, 0.25) is 5.02 Å². The molecule has 1 saturated heterocycles. The number of rotatable bonds is 9. The van der Waals surface area contributed by atoms with Gasteiger partial charge in [0.1, 0.15) is 6.61 Å². The lowest BCUT2D eigenvalue weighted by Crippen LogP contribution is -2.37. The van der Waals surface area contributed by atoms with Crippen molar-refractivity contribution in [2.24, 2.45) is 0 Å². The van der Waals surface area contributed by atoms with Gasteiger partial charge in [-0.1, -0.05) is 36.7 Å². The summed E-state index contributed by atoms with van der Waals surface area (Å²) in [7, 11) is 1.68. The van der Waals surface area contributed by atoms with Crippen LogP contribution in [-0.2, 0) is 13.2 Å². The van der Waals surface area contributed by atoms with E-state index in [4.69, 9.17) is 21.1 Å². The van der Waals surface area contributed by atoms with Crippen LogP contribution in [0.25, 0.3) is 0 Å². The van der Waals surface area contributed by atoms with Crippen molar-refractivity contribution in [3.05, 3.63) is 58.6 Å². The molecule has 1 N–H and O–H groups in total. The molecule has 0 bridgehead atoms.